The third kappa shape index (κ3) is 3.76. The van der Waals surface area contributed by atoms with Gasteiger partial charge in [0.2, 0.25) is 11.8 Å². The van der Waals surface area contributed by atoms with E-state index in [0.29, 0.717) is 17.4 Å². The highest BCUT2D eigenvalue weighted by molar-refractivity contribution is 7.14. The van der Waals surface area contributed by atoms with E-state index < -0.39 is 5.92 Å². The Bertz CT molecular complexity index is 813. The molecule has 0 saturated carbocycles. The number of nitrogens with zero attached hydrogens (tertiary/aromatic N) is 2. The first-order valence-corrected chi connectivity index (χ1v) is 9.02. The lowest BCUT2D eigenvalue weighted by Gasteiger charge is -2.17. The van der Waals surface area contributed by atoms with Crippen molar-refractivity contribution in [3.8, 4) is 0 Å². The van der Waals surface area contributed by atoms with Crippen molar-refractivity contribution in [3.05, 3.63) is 40.9 Å². The molecule has 1 unspecified atom stereocenters. The summed E-state index contributed by atoms with van der Waals surface area (Å²) in [6.45, 7) is 3.85. The van der Waals surface area contributed by atoms with E-state index in [0.717, 1.165) is 12.1 Å². The minimum atomic E-state index is -0.428. The number of amides is 2. The summed E-state index contributed by atoms with van der Waals surface area (Å²) in [5.41, 5.74) is 2.35. The average Bonchev–Trinajstić information content (AvgIpc) is 3.22. The number of carbonyl (C=O) groups is 3. The van der Waals surface area contributed by atoms with Crippen LogP contribution in [0.5, 0.6) is 0 Å². The van der Waals surface area contributed by atoms with Gasteiger partial charge in [0.25, 0.3) is 0 Å². The number of nitrogens with one attached hydrogen (secondary N) is 1. The average molecular weight is 357 g/mol. The number of aryl methyl sites for hydroxylation is 1. The van der Waals surface area contributed by atoms with E-state index in [1.54, 1.807) is 10.3 Å². The third-order valence-electron chi connectivity index (χ3n) is 4.25. The highest BCUT2D eigenvalue weighted by Crippen LogP contribution is 2.27. The van der Waals surface area contributed by atoms with Gasteiger partial charge >= 0.3 is 0 Å². The fourth-order valence-electron chi connectivity index (χ4n) is 2.74. The van der Waals surface area contributed by atoms with Crippen LogP contribution in [0.3, 0.4) is 0 Å². The molecule has 1 N–H and O–H groups in total. The van der Waals surface area contributed by atoms with Gasteiger partial charge in [0.15, 0.2) is 10.9 Å². The summed E-state index contributed by atoms with van der Waals surface area (Å²) in [6.07, 6.45) is 1.11. The molecule has 1 fully saturated rings. The van der Waals surface area contributed by atoms with E-state index in [-0.39, 0.29) is 24.0 Å². The van der Waals surface area contributed by atoms with Gasteiger partial charge in [-0.1, -0.05) is 19.1 Å². The van der Waals surface area contributed by atoms with E-state index in [1.165, 1.54) is 23.8 Å². The predicted octanol–water partition coefficient (Wildman–Crippen LogP) is 2.90. The summed E-state index contributed by atoms with van der Waals surface area (Å²) < 4.78 is 0. The first-order chi connectivity index (χ1) is 12.0. The van der Waals surface area contributed by atoms with Gasteiger partial charge in [0.1, 0.15) is 5.69 Å². The maximum Gasteiger partial charge on any atom is 0.231 e. The molecule has 0 aliphatic carbocycles. The van der Waals surface area contributed by atoms with Crippen molar-refractivity contribution >= 4 is 39.8 Å². The van der Waals surface area contributed by atoms with Crippen LogP contribution in [-0.4, -0.2) is 29.1 Å². The summed E-state index contributed by atoms with van der Waals surface area (Å²) in [5.74, 6) is -0.879. The largest absolute Gasteiger partial charge is 0.312 e. The number of aromatic nitrogens is 1. The molecule has 3 rings (SSSR count). The number of thiazole rings is 1. The van der Waals surface area contributed by atoms with Crippen molar-refractivity contribution in [1.29, 1.82) is 0 Å². The number of benzene rings is 1. The Labute approximate surface area is 149 Å². The van der Waals surface area contributed by atoms with Crippen LogP contribution in [0.4, 0.5) is 10.8 Å². The number of Topliss-reactive ketones (excluding diaryl/α,β-unsaturated/α-hetero) is 1. The van der Waals surface area contributed by atoms with E-state index >= 15 is 0 Å². The fraction of sp³-hybridized carbons (Fsp3) is 0.333. The molecule has 0 bridgehead atoms. The molecule has 2 heterocycles. The molecule has 1 aliphatic rings. The smallest absolute Gasteiger partial charge is 0.231 e. The van der Waals surface area contributed by atoms with E-state index in [4.69, 9.17) is 0 Å². The van der Waals surface area contributed by atoms with Crippen LogP contribution >= 0.6 is 11.3 Å². The van der Waals surface area contributed by atoms with Crippen LogP contribution in [0.25, 0.3) is 0 Å². The van der Waals surface area contributed by atoms with Crippen molar-refractivity contribution in [2.24, 2.45) is 5.92 Å². The van der Waals surface area contributed by atoms with Gasteiger partial charge in [-0.2, -0.15) is 0 Å². The van der Waals surface area contributed by atoms with Gasteiger partial charge in [0, 0.05) is 31.0 Å². The second-order valence-corrected chi connectivity index (χ2v) is 6.87. The van der Waals surface area contributed by atoms with Crippen LogP contribution < -0.4 is 10.2 Å². The quantitative estimate of drug-likeness (QED) is 0.835. The van der Waals surface area contributed by atoms with Crippen LogP contribution in [0.15, 0.2) is 29.6 Å². The molecule has 1 aromatic heterocycles. The Kier molecular flexibility index (Phi) is 4.94. The lowest BCUT2D eigenvalue weighted by molar-refractivity contribution is -0.122. The van der Waals surface area contributed by atoms with Crippen molar-refractivity contribution in [2.45, 2.75) is 26.7 Å². The lowest BCUT2D eigenvalue weighted by atomic mass is 10.1. The van der Waals surface area contributed by atoms with E-state index in [9.17, 15) is 14.4 Å². The third-order valence-corrected chi connectivity index (χ3v) is 5.00. The van der Waals surface area contributed by atoms with Crippen LogP contribution in [0, 0.1) is 5.92 Å². The van der Waals surface area contributed by atoms with Crippen LogP contribution in [0.1, 0.15) is 36.3 Å². The van der Waals surface area contributed by atoms with Gasteiger partial charge in [-0.25, -0.2) is 4.98 Å². The molecule has 1 saturated heterocycles. The number of hydrogen-bond donors (Lipinski definition) is 1. The molecule has 7 heteroatoms. The number of anilines is 2. The standard InChI is InChI=1S/C18H19N3O3S/c1-3-12-4-6-14(7-5-12)21-9-13(8-16(21)23)17(24)20-18-19-15(10-25-18)11(2)22/h4-7,10,13H,3,8-9H2,1-2H3,(H,19,20,24). The van der Waals surface area contributed by atoms with Gasteiger partial charge < -0.3 is 10.2 Å². The molecule has 2 amide bonds. The highest BCUT2D eigenvalue weighted by atomic mass is 32.1. The van der Waals surface area contributed by atoms with Gasteiger partial charge in [-0.15, -0.1) is 11.3 Å². The fourth-order valence-corrected chi connectivity index (χ4v) is 3.50. The minimum Gasteiger partial charge on any atom is -0.312 e. The van der Waals surface area contributed by atoms with Crippen molar-refractivity contribution in [2.75, 3.05) is 16.8 Å². The number of hydrogen-bond acceptors (Lipinski definition) is 5. The monoisotopic (exact) mass is 357 g/mol. The second kappa shape index (κ2) is 7.14. The van der Waals surface area contributed by atoms with Gasteiger partial charge in [-0.3, -0.25) is 14.4 Å². The molecule has 0 radical (unpaired) electrons. The summed E-state index contributed by atoms with van der Waals surface area (Å²) in [7, 11) is 0. The molecule has 1 aromatic carbocycles. The minimum absolute atomic E-state index is 0.0621. The van der Waals surface area contributed by atoms with Crippen molar-refractivity contribution in [3.63, 3.8) is 0 Å². The van der Waals surface area contributed by atoms with E-state index in [1.807, 2.05) is 24.3 Å². The van der Waals surface area contributed by atoms with Crippen LogP contribution in [0.2, 0.25) is 0 Å². The summed E-state index contributed by atoms with van der Waals surface area (Å²) in [5, 5.41) is 4.70. The molecule has 2 aromatic rings. The molecule has 25 heavy (non-hydrogen) atoms. The topological polar surface area (TPSA) is 79.4 Å². The van der Waals surface area contributed by atoms with Crippen molar-refractivity contribution in [1.82, 2.24) is 4.98 Å². The summed E-state index contributed by atoms with van der Waals surface area (Å²) in [4.78, 5) is 41.7. The molecule has 130 valence electrons. The first-order valence-electron chi connectivity index (χ1n) is 8.14. The SMILES string of the molecule is CCc1ccc(N2CC(C(=O)Nc3nc(C(C)=O)cs3)CC2=O)cc1. The lowest BCUT2D eigenvalue weighted by Crippen LogP contribution is -2.28. The molecular weight excluding hydrogens is 338 g/mol. The molecule has 6 nitrogen and oxygen atoms in total. The Morgan fingerprint density at radius 2 is 2.04 bits per heavy atom. The zero-order chi connectivity index (χ0) is 18.0. The number of rotatable bonds is 5. The molecule has 1 aliphatic heterocycles. The molecule has 1 atom stereocenters. The highest BCUT2D eigenvalue weighted by Gasteiger charge is 2.35. The zero-order valence-electron chi connectivity index (χ0n) is 14.1. The Hall–Kier alpha value is -2.54. The maximum atomic E-state index is 12.4. The van der Waals surface area contributed by atoms with E-state index in [2.05, 4.69) is 17.2 Å². The van der Waals surface area contributed by atoms with Crippen LogP contribution in [-0.2, 0) is 16.0 Å². The summed E-state index contributed by atoms with van der Waals surface area (Å²) in [6, 6.07) is 7.82. The zero-order valence-corrected chi connectivity index (χ0v) is 14.9. The normalized spacial score (nSPS) is 17.0. The first kappa shape index (κ1) is 17.3. The summed E-state index contributed by atoms with van der Waals surface area (Å²) >= 11 is 1.20. The number of ketones is 1. The molecule has 0 spiro atoms. The maximum absolute atomic E-state index is 12.4. The second-order valence-electron chi connectivity index (χ2n) is 6.01. The Morgan fingerprint density at radius 3 is 2.64 bits per heavy atom. The predicted molar refractivity (Wildman–Crippen MR) is 97.0 cm³/mol. The Morgan fingerprint density at radius 1 is 1.32 bits per heavy atom. The van der Waals surface area contributed by atoms with Crippen molar-refractivity contribution < 1.29 is 14.4 Å². The Balaban J connectivity index is 1.66. The number of carbonyl (C=O) groups excluding carboxylic acids is 3. The van der Waals surface area contributed by atoms with Gasteiger partial charge in [0.05, 0.1) is 5.92 Å². The van der Waals surface area contributed by atoms with Gasteiger partial charge in [-0.05, 0) is 24.1 Å². The molecular formula is C18H19N3O3S.